The molecule has 0 aliphatic heterocycles. The van der Waals surface area contributed by atoms with Gasteiger partial charge in [0, 0.05) is 25.8 Å². The Kier molecular flexibility index (Phi) is 5.92. The van der Waals surface area contributed by atoms with E-state index in [1.807, 2.05) is 19.1 Å². The maximum Gasteiger partial charge on any atom is 0.255 e. The molecule has 4 nitrogen and oxygen atoms in total. The molecule has 2 rings (SSSR count). The zero-order chi connectivity index (χ0) is 15.9. The van der Waals surface area contributed by atoms with Crippen molar-refractivity contribution in [1.29, 1.82) is 0 Å². The van der Waals surface area contributed by atoms with Crippen LogP contribution in [0.2, 0.25) is 0 Å². The average Bonchev–Trinajstić information content (AvgIpc) is 2.53. The van der Waals surface area contributed by atoms with E-state index in [2.05, 4.69) is 36.5 Å². The van der Waals surface area contributed by atoms with Crippen molar-refractivity contribution in [3.05, 3.63) is 57.9 Å². The first-order valence-electron chi connectivity index (χ1n) is 7.66. The van der Waals surface area contributed by atoms with Gasteiger partial charge in [0.1, 0.15) is 0 Å². The van der Waals surface area contributed by atoms with Gasteiger partial charge in [-0.15, -0.1) is 0 Å². The molecule has 0 spiro atoms. The summed E-state index contributed by atoms with van der Waals surface area (Å²) in [6.07, 6.45) is 0. The van der Waals surface area contributed by atoms with E-state index < -0.39 is 0 Å². The van der Waals surface area contributed by atoms with E-state index in [0.717, 1.165) is 23.4 Å². The molecule has 0 bridgehead atoms. The lowest BCUT2D eigenvalue weighted by Gasteiger charge is -2.15. The zero-order valence-electron chi connectivity index (χ0n) is 13.6. The van der Waals surface area contributed by atoms with Crippen molar-refractivity contribution >= 4 is 0 Å². The Labute approximate surface area is 131 Å². The smallest absolute Gasteiger partial charge is 0.255 e. The number of hydrogen-bond acceptors (Lipinski definition) is 3. The molecular formula is C18H24N2O2. The third-order valence-corrected chi connectivity index (χ3v) is 3.68. The Bertz CT molecular complexity index is 660. The minimum atomic E-state index is 0.0519. The van der Waals surface area contributed by atoms with Gasteiger partial charge in [0.15, 0.2) is 0 Å². The molecule has 0 atom stereocenters. The Hall–Kier alpha value is -1.91. The van der Waals surface area contributed by atoms with Gasteiger partial charge in [0.25, 0.3) is 5.56 Å². The second-order valence-electron chi connectivity index (χ2n) is 5.34. The van der Waals surface area contributed by atoms with E-state index in [-0.39, 0.29) is 5.56 Å². The normalized spacial score (nSPS) is 10.9. The van der Waals surface area contributed by atoms with Crippen molar-refractivity contribution in [1.82, 2.24) is 9.88 Å². The molecule has 1 aromatic carbocycles. The molecule has 0 aliphatic carbocycles. The van der Waals surface area contributed by atoms with Crippen molar-refractivity contribution in [2.45, 2.75) is 26.9 Å². The van der Waals surface area contributed by atoms with Gasteiger partial charge in [-0.2, -0.15) is 0 Å². The summed E-state index contributed by atoms with van der Waals surface area (Å²) in [5.74, 6) is 0. The summed E-state index contributed by atoms with van der Waals surface area (Å²) >= 11 is 0. The van der Waals surface area contributed by atoms with E-state index >= 15 is 0 Å². The highest BCUT2D eigenvalue weighted by atomic mass is 16.5. The van der Waals surface area contributed by atoms with Crippen LogP contribution in [0.3, 0.4) is 0 Å². The Balaban J connectivity index is 2.46. The highest BCUT2D eigenvalue weighted by Crippen LogP contribution is 2.19. The molecule has 1 aromatic heterocycles. The number of nitrogens with zero attached hydrogens (tertiary/aromatic N) is 1. The molecule has 2 aromatic rings. The van der Waals surface area contributed by atoms with Crippen LogP contribution in [0.1, 0.15) is 18.1 Å². The first-order chi connectivity index (χ1) is 10.7. The summed E-state index contributed by atoms with van der Waals surface area (Å²) in [5, 5.41) is 3.21. The number of benzene rings is 1. The number of aryl methyl sites for hydroxylation is 1. The molecule has 0 saturated heterocycles. The standard InChI is InChI=1S/C18H24N2O2/c1-4-19-13-16-9-10-17(15-7-5-14(2)6-8-15)20(18(16)21)11-12-22-3/h5-10,19H,4,11-13H2,1-3H3. The second kappa shape index (κ2) is 7.92. The first kappa shape index (κ1) is 16.5. The Morgan fingerprint density at radius 3 is 2.50 bits per heavy atom. The number of methoxy groups -OCH3 is 1. The van der Waals surface area contributed by atoms with Crippen LogP contribution >= 0.6 is 0 Å². The van der Waals surface area contributed by atoms with Gasteiger partial charge in [0.05, 0.1) is 12.3 Å². The molecule has 0 fully saturated rings. The van der Waals surface area contributed by atoms with Crippen LogP contribution in [0.15, 0.2) is 41.2 Å². The Morgan fingerprint density at radius 2 is 1.86 bits per heavy atom. The van der Waals surface area contributed by atoms with Crippen molar-refractivity contribution in [3.63, 3.8) is 0 Å². The van der Waals surface area contributed by atoms with Gasteiger partial charge in [-0.3, -0.25) is 4.79 Å². The zero-order valence-corrected chi connectivity index (χ0v) is 13.6. The highest BCUT2D eigenvalue weighted by Gasteiger charge is 2.10. The average molecular weight is 300 g/mol. The van der Waals surface area contributed by atoms with E-state index in [9.17, 15) is 4.79 Å². The lowest BCUT2D eigenvalue weighted by molar-refractivity contribution is 0.186. The predicted molar refractivity (Wildman–Crippen MR) is 90.1 cm³/mol. The van der Waals surface area contributed by atoms with Crippen LogP contribution in [0, 0.1) is 6.92 Å². The highest BCUT2D eigenvalue weighted by molar-refractivity contribution is 5.60. The summed E-state index contributed by atoms with van der Waals surface area (Å²) in [4.78, 5) is 12.7. The largest absolute Gasteiger partial charge is 0.383 e. The maximum atomic E-state index is 12.7. The maximum absolute atomic E-state index is 12.7. The van der Waals surface area contributed by atoms with Gasteiger partial charge in [-0.1, -0.05) is 42.8 Å². The first-order valence-corrected chi connectivity index (χ1v) is 7.66. The van der Waals surface area contributed by atoms with Crippen LogP contribution in [-0.2, 0) is 17.8 Å². The fourth-order valence-corrected chi connectivity index (χ4v) is 2.40. The van der Waals surface area contributed by atoms with Gasteiger partial charge in [-0.05, 0) is 25.1 Å². The van der Waals surface area contributed by atoms with Crippen molar-refractivity contribution < 1.29 is 4.74 Å². The lowest BCUT2D eigenvalue weighted by Crippen LogP contribution is -2.29. The number of rotatable bonds is 7. The molecule has 0 amide bonds. The Morgan fingerprint density at radius 1 is 1.14 bits per heavy atom. The number of aromatic nitrogens is 1. The molecule has 1 N–H and O–H groups in total. The third-order valence-electron chi connectivity index (χ3n) is 3.68. The van der Waals surface area contributed by atoms with E-state index in [0.29, 0.717) is 19.7 Å². The summed E-state index contributed by atoms with van der Waals surface area (Å²) in [6, 6.07) is 12.2. The van der Waals surface area contributed by atoms with Crippen LogP contribution < -0.4 is 10.9 Å². The van der Waals surface area contributed by atoms with E-state index in [4.69, 9.17) is 4.74 Å². The SMILES string of the molecule is CCNCc1ccc(-c2ccc(C)cc2)n(CCOC)c1=O. The second-order valence-corrected chi connectivity index (χ2v) is 5.34. The van der Waals surface area contributed by atoms with Gasteiger partial charge in [0.2, 0.25) is 0 Å². The van der Waals surface area contributed by atoms with Crippen molar-refractivity contribution in [3.8, 4) is 11.3 Å². The summed E-state index contributed by atoms with van der Waals surface area (Å²) < 4.78 is 6.96. The summed E-state index contributed by atoms with van der Waals surface area (Å²) in [6.45, 7) is 6.60. The number of hydrogen-bond donors (Lipinski definition) is 1. The number of ether oxygens (including phenoxy) is 1. The van der Waals surface area contributed by atoms with Crippen molar-refractivity contribution in [2.75, 3.05) is 20.3 Å². The third kappa shape index (κ3) is 3.84. The van der Waals surface area contributed by atoms with Crippen LogP contribution in [-0.4, -0.2) is 24.8 Å². The number of nitrogens with one attached hydrogen (secondary N) is 1. The van der Waals surface area contributed by atoms with Gasteiger partial charge in [-0.25, -0.2) is 0 Å². The topological polar surface area (TPSA) is 43.3 Å². The molecule has 118 valence electrons. The monoisotopic (exact) mass is 300 g/mol. The van der Waals surface area contributed by atoms with Crippen LogP contribution in [0.25, 0.3) is 11.3 Å². The molecular weight excluding hydrogens is 276 g/mol. The van der Waals surface area contributed by atoms with E-state index in [1.54, 1.807) is 11.7 Å². The molecule has 4 heteroatoms. The minimum absolute atomic E-state index is 0.0519. The predicted octanol–water partition coefficient (Wildman–Crippen LogP) is 2.58. The quantitative estimate of drug-likeness (QED) is 0.854. The summed E-state index contributed by atoms with van der Waals surface area (Å²) in [5.41, 5.74) is 4.03. The molecule has 22 heavy (non-hydrogen) atoms. The fraction of sp³-hybridized carbons (Fsp3) is 0.389. The van der Waals surface area contributed by atoms with Gasteiger partial charge >= 0.3 is 0 Å². The van der Waals surface area contributed by atoms with Gasteiger partial charge < -0.3 is 14.6 Å². The molecule has 0 aliphatic rings. The summed E-state index contributed by atoms with van der Waals surface area (Å²) in [7, 11) is 1.65. The minimum Gasteiger partial charge on any atom is -0.383 e. The van der Waals surface area contributed by atoms with Crippen LogP contribution in [0.5, 0.6) is 0 Å². The lowest BCUT2D eigenvalue weighted by atomic mass is 10.1. The van der Waals surface area contributed by atoms with E-state index in [1.165, 1.54) is 5.56 Å². The van der Waals surface area contributed by atoms with Crippen molar-refractivity contribution in [2.24, 2.45) is 0 Å². The molecule has 0 radical (unpaired) electrons. The molecule has 0 saturated carbocycles. The fourth-order valence-electron chi connectivity index (χ4n) is 2.40. The molecule has 0 unspecified atom stereocenters. The molecule has 1 heterocycles. The number of pyridine rings is 1. The van der Waals surface area contributed by atoms with Crippen LogP contribution in [0.4, 0.5) is 0 Å².